The third-order valence-corrected chi connectivity index (χ3v) is 5.33. The van der Waals surface area contributed by atoms with Gasteiger partial charge in [-0.25, -0.2) is 4.79 Å². The normalized spacial score (nSPS) is 17.5. The Morgan fingerprint density at radius 2 is 1.63 bits per heavy atom. The molecular formula is C22H25N3O2. The smallest absolute Gasteiger partial charge is 0.324 e. The van der Waals surface area contributed by atoms with Crippen LogP contribution in [0.4, 0.5) is 10.5 Å². The van der Waals surface area contributed by atoms with Gasteiger partial charge in [0.25, 0.3) is 5.91 Å². The first kappa shape index (κ1) is 17.6. The highest BCUT2D eigenvalue weighted by Gasteiger charge is 2.27. The third kappa shape index (κ3) is 3.82. The lowest BCUT2D eigenvalue weighted by Gasteiger charge is -2.36. The van der Waals surface area contributed by atoms with Crippen molar-refractivity contribution in [2.75, 3.05) is 31.1 Å². The van der Waals surface area contributed by atoms with Gasteiger partial charge in [-0.1, -0.05) is 36.4 Å². The number of anilines is 1. The van der Waals surface area contributed by atoms with E-state index in [0.717, 1.165) is 50.1 Å². The Hall–Kier alpha value is -2.82. The molecule has 0 unspecified atom stereocenters. The molecule has 0 aromatic heterocycles. The number of benzene rings is 2. The first-order valence-corrected chi connectivity index (χ1v) is 9.72. The number of amides is 3. The number of carbonyl (C=O) groups excluding carboxylic acids is 2. The van der Waals surface area contributed by atoms with Crippen molar-refractivity contribution in [1.29, 1.82) is 0 Å². The molecule has 0 atom stereocenters. The minimum Gasteiger partial charge on any atom is -0.339 e. The number of rotatable bonds is 4. The second-order valence-corrected chi connectivity index (χ2v) is 7.24. The topological polar surface area (TPSA) is 43.9 Å². The summed E-state index contributed by atoms with van der Waals surface area (Å²) in [6, 6.07) is 17.6. The number of hydrogen-bond acceptors (Lipinski definition) is 2. The second kappa shape index (κ2) is 7.82. The van der Waals surface area contributed by atoms with Crippen LogP contribution in [0.5, 0.6) is 0 Å². The number of carbonyl (C=O) groups is 2. The number of nitrogens with zero attached hydrogens (tertiary/aromatic N) is 3. The van der Waals surface area contributed by atoms with E-state index in [-0.39, 0.29) is 11.9 Å². The molecule has 0 bridgehead atoms. The summed E-state index contributed by atoms with van der Waals surface area (Å²) in [5.74, 6) is 0.0694. The van der Waals surface area contributed by atoms with Gasteiger partial charge in [0.15, 0.2) is 0 Å². The van der Waals surface area contributed by atoms with Crippen LogP contribution in [-0.4, -0.2) is 47.9 Å². The van der Waals surface area contributed by atoms with Crippen molar-refractivity contribution in [3.05, 3.63) is 65.7 Å². The molecule has 3 amide bonds. The van der Waals surface area contributed by atoms with Crippen molar-refractivity contribution >= 4 is 17.6 Å². The monoisotopic (exact) mass is 363 g/mol. The van der Waals surface area contributed by atoms with Crippen LogP contribution in [0, 0.1) is 0 Å². The van der Waals surface area contributed by atoms with Gasteiger partial charge < -0.3 is 9.80 Å². The highest BCUT2D eigenvalue weighted by Crippen LogP contribution is 2.24. The fourth-order valence-electron chi connectivity index (χ4n) is 3.88. The second-order valence-electron chi connectivity index (χ2n) is 7.24. The first-order valence-electron chi connectivity index (χ1n) is 9.72. The summed E-state index contributed by atoms with van der Waals surface area (Å²) in [5, 5.41) is 0. The van der Waals surface area contributed by atoms with E-state index >= 15 is 0 Å². The Labute approximate surface area is 160 Å². The van der Waals surface area contributed by atoms with E-state index in [9.17, 15) is 9.59 Å². The summed E-state index contributed by atoms with van der Waals surface area (Å²) in [4.78, 5) is 31.3. The molecule has 2 aromatic carbocycles. The average molecular weight is 363 g/mol. The molecule has 4 rings (SSSR count). The van der Waals surface area contributed by atoms with Crippen LogP contribution in [0.15, 0.2) is 54.6 Å². The first-order chi connectivity index (χ1) is 13.2. The molecule has 2 aliphatic rings. The zero-order chi connectivity index (χ0) is 18.6. The average Bonchev–Trinajstić information content (AvgIpc) is 3.25. The molecule has 0 N–H and O–H groups in total. The quantitative estimate of drug-likeness (QED) is 0.830. The van der Waals surface area contributed by atoms with Gasteiger partial charge in [-0.3, -0.25) is 9.69 Å². The maximum absolute atomic E-state index is 13.0. The van der Waals surface area contributed by atoms with Crippen LogP contribution in [0.3, 0.4) is 0 Å². The molecule has 5 nitrogen and oxygen atoms in total. The zero-order valence-electron chi connectivity index (χ0n) is 15.5. The summed E-state index contributed by atoms with van der Waals surface area (Å²) in [5.41, 5.74) is 2.61. The van der Waals surface area contributed by atoms with Crippen molar-refractivity contribution in [3.8, 4) is 0 Å². The molecule has 27 heavy (non-hydrogen) atoms. The van der Waals surface area contributed by atoms with Gasteiger partial charge in [0.1, 0.15) is 0 Å². The number of likely N-dealkylation sites (tertiary alicyclic amines) is 1. The minimum atomic E-state index is 0.0101. The van der Waals surface area contributed by atoms with Crippen molar-refractivity contribution in [2.24, 2.45) is 0 Å². The summed E-state index contributed by atoms with van der Waals surface area (Å²) < 4.78 is 0. The van der Waals surface area contributed by atoms with E-state index in [1.165, 1.54) is 0 Å². The Morgan fingerprint density at radius 1 is 0.852 bits per heavy atom. The molecule has 0 aliphatic carbocycles. The molecule has 2 heterocycles. The maximum Gasteiger partial charge on any atom is 0.324 e. The largest absolute Gasteiger partial charge is 0.339 e. The highest BCUT2D eigenvalue weighted by atomic mass is 16.2. The van der Waals surface area contributed by atoms with E-state index in [1.807, 2.05) is 64.4 Å². The van der Waals surface area contributed by atoms with Gasteiger partial charge in [0.2, 0.25) is 0 Å². The lowest BCUT2D eigenvalue weighted by molar-refractivity contribution is 0.0792. The molecular weight excluding hydrogens is 338 g/mol. The van der Waals surface area contributed by atoms with Gasteiger partial charge in [-0.15, -0.1) is 0 Å². The van der Waals surface area contributed by atoms with Crippen molar-refractivity contribution in [3.63, 3.8) is 0 Å². The van der Waals surface area contributed by atoms with E-state index < -0.39 is 0 Å². The lowest BCUT2D eigenvalue weighted by atomic mass is 10.1. The fourth-order valence-corrected chi connectivity index (χ4v) is 3.88. The van der Waals surface area contributed by atoms with Gasteiger partial charge in [0, 0.05) is 44.0 Å². The summed E-state index contributed by atoms with van der Waals surface area (Å²) >= 11 is 0. The van der Waals surface area contributed by atoms with E-state index in [2.05, 4.69) is 0 Å². The molecule has 2 aliphatic heterocycles. The molecule has 140 valence electrons. The fraction of sp³-hybridized carbons (Fsp3) is 0.364. The lowest BCUT2D eigenvalue weighted by Crippen LogP contribution is -2.49. The third-order valence-electron chi connectivity index (χ3n) is 5.33. The minimum absolute atomic E-state index is 0.0101. The van der Waals surface area contributed by atoms with Gasteiger partial charge >= 0.3 is 6.03 Å². The predicted octanol–water partition coefficient (Wildman–Crippen LogP) is 3.75. The molecule has 0 spiro atoms. The van der Waals surface area contributed by atoms with E-state index in [1.54, 1.807) is 4.90 Å². The Bertz CT molecular complexity index is 815. The van der Waals surface area contributed by atoms with E-state index in [0.29, 0.717) is 18.7 Å². The Morgan fingerprint density at radius 3 is 2.41 bits per heavy atom. The summed E-state index contributed by atoms with van der Waals surface area (Å²) in [6.45, 7) is 3.72. The van der Waals surface area contributed by atoms with Crippen LogP contribution in [-0.2, 0) is 6.54 Å². The predicted molar refractivity (Wildman–Crippen MR) is 106 cm³/mol. The van der Waals surface area contributed by atoms with Crippen LogP contribution in [0.2, 0.25) is 0 Å². The van der Waals surface area contributed by atoms with Crippen LogP contribution in [0.1, 0.15) is 35.2 Å². The molecule has 2 aromatic rings. The van der Waals surface area contributed by atoms with Crippen LogP contribution >= 0.6 is 0 Å². The number of urea groups is 1. The Balaban J connectivity index is 1.51. The molecule has 5 heteroatoms. The van der Waals surface area contributed by atoms with E-state index in [4.69, 9.17) is 0 Å². The van der Waals surface area contributed by atoms with Gasteiger partial charge in [-0.2, -0.15) is 0 Å². The maximum atomic E-state index is 13.0. The molecule has 2 saturated heterocycles. The SMILES string of the molecule is O=C(c1cccc(N2CCCN(Cc3ccccc3)C2=O)c1)N1CCCC1. The molecule has 0 radical (unpaired) electrons. The number of hydrogen-bond donors (Lipinski definition) is 0. The van der Waals surface area contributed by atoms with Crippen LogP contribution < -0.4 is 4.90 Å². The zero-order valence-corrected chi connectivity index (χ0v) is 15.5. The standard InChI is InChI=1S/C22H25N3O2/c26-21(23-12-4-5-13-23)19-10-6-11-20(16-19)25-15-7-14-24(22(25)27)17-18-8-2-1-3-9-18/h1-3,6,8-11,16H,4-5,7,12-15,17H2. The summed E-state index contributed by atoms with van der Waals surface area (Å²) in [7, 11) is 0. The summed E-state index contributed by atoms with van der Waals surface area (Å²) in [6.07, 6.45) is 3.07. The van der Waals surface area contributed by atoms with Crippen molar-refractivity contribution in [1.82, 2.24) is 9.80 Å². The molecule has 2 fully saturated rings. The van der Waals surface area contributed by atoms with Crippen molar-refractivity contribution < 1.29 is 9.59 Å². The van der Waals surface area contributed by atoms with Crippen LogP contribution in [0.25, 0.3) is 0 Å². The highest BCUT2D eigenvalue weighted by molar-refractivity contribution is 5.98. The molecule has 0 saturated carbocycles. The van der Waals surface area contributed by atoms with Gasteiger partial charge in [-0.05, 0) is 43.0 Å². The Kier molecular flexibility index (Phi) is 5.10. The van der Waals surface area contributed by atoms with Crippen molar-refractivity contribution in [2.45, 2.75) is 25.8 Å². The van der Waals surface area contributed by atoms with Gasteiger partial charge in [0.05, 0.1) is 0 Å².